The molecule has 0 aromatic rings. The highest BCUT2D eigenvalue weighted by Crippen LogP contribution is 1.99. The van der Waals surface area contributed by atoms with E-state index in [4.69, 9.17) is 30.4 Å². The number of carbonyl (C=O) groups is 2. The zero-order valence-corrected chi connectivity index (χ0v) is 17.1. The molecule has 0 aliphatic rings. The van der Waals surface area contributed by atoms with Crippen LogP contribution in [0.1, 0.15) is 26.2 Å². The maximum atomic E-state index is 11.7. The molecular formula is C18H38N4O6. The lowest BCUT2D eigenvalue weighted by molar-refractivity contribution is -0.127. The Bertz CT molecular complexity index is 387. The average Bonchev–Trinajstić information content (AvgIpc) is 2.67. The van der Waals surface area contributed by atoms with Crippen molar-refractivity contribution in [1.82, 2.24) is 10.6 Å². The molecule has 0 aliphatic carbocycles. The number of rotatable bonds is 20. The molecule has 0 bridgehead atoms. The molecule has 0 aromatic carbocycles. The van der Waals surface area contributed by atoms with Gasteiger partial charge < -0.3 is 41.0 Å². The molecular weight excluding hydrogens is 368 g/mol. The molecule has 1 unspecified atom stereocenters. The van der Waals surface area contributed by atoms with Gasteiger partial charge in [0.25, 0.3) is 0 Å². The molecule has 0 fully saturated rings. The maximum absolute atomic E-state index is 11.7. The molecule has 0 radical (unpaired) electrons. The number of nitrogens with one attached hydrogen (secondary N) is 2. The van der Waals surface area contributed by atoms with Gasteiger partial charge in [-0.05, 0) is 26.2 Å². The van der Waals surface area contributed by atoms with Crippen LogP contribution in [0.2, 0.25) is 0 Å². The summed E-state index contributed by atoms with van der Waals surface area (Å²) in [5.41, 5.74) is 10.6. The monoisotopic (exact) mass is 406 g/mol. The first kappa shape index (κ1) is 26.7. The Balaban J connectivity index is 3.44. The van der Waals surface area contributed by atoms with Gasteiger partial charge in [0.05, 0.1) is 39.6 Å². The predicted octanol–water partition coefficient (Wildman–Crippen LogP) is -1.24. The van der Waals surface area contributed by atoms with Crippen molar-refractivity contribution in [3.8, 4) is 0 Å². The number of amides is 2. The first-order valence-corrected chi connectivity index (χ1v) is 9.87. The Morgan fingerprint density at radius 1 is 0.786 bits per heavy atom. The minimum Gasteiger partial charge on any atom is -0.378 e. The van der Waals surface area contributed by atoms with Gasteiger partial charge in [0, 0.05) is 25.7 Å². The smallest absolute Gasteiger partial charge is 0.246 e. The van der Waals surface area contributed by atoms with Crippen molar-refractivity contribution in [2.45, 2.75) is 32.2 Å². The number of ether oxygens (including phenoxy) is 4. The fraction of sp³-hybridized carbons (Fsp3) is 0.889. The molecule has 6 N–H and O–H groups in total. The zero-order valence-electron chi connectivity index (χ0n) is 17.1. The first-order chi connectivity index (χ1) is 13.6. The number of nitrogens with two attached hydrogens (primary N) is 2. The van der Waals surface area contributed by atoms with E-state index in [0.717, 1.165) is 19.3 Å². The van der Waals surface area contributed by atoms with Crippen LogP contribution in [0.4, 0.5) is 0 Å². The van der Waals surface area contributed by atoms with Crippen LogP contribution in [0.3, 0.4) is 0 Å². The van der Waals surface area contributed by atoms with Gasteiger partial charge >= 0.3 is 0 Å². The molecule has 2 amide bonds. The van der Waals surface area contributed by atoms with Crippen LogP contribution in [0.5, 0.6) is 0 Å². The second kappa shape index (κ2) is 20.4. The summed E-state index contributed by atoms with van der Waals surface area (Å²) in [6, 6.07) is 0.0529. The van der Waals surface area contributed by atoms with Crippen LogP contribution in [0.25, 0.3) is 0 Å². The molecule has 0 aromatic heterocycles. The molecule has 0 rings (SSSR count). The lowest BCUT2D eigenvalue weighted by Crippen LogP contribution is -2.35. The summed E-state index contributed by atoms with van der Waals surface area (Å²) in [5.74, 6) is -0.292. The van der Waals surface area contributed by atoms with Crippen LogP contribution in [-0.4, -0.2) is 90.3 Å². The molecule has 10 nitrogen and oxygen atoms in total. The summed E-state index contributed by atoms with van der Waals surface area (Å²) in [6.07, 6.45) is 2.56. The molecule has 1 atom stereocenters. The van der Waals surface area contributed by atoms with E-state index in [1.165, 1.54) is 0 Å². The summed E-state index contributed by atoms with van der Waals surface area (Å²) < 4.78 is 20.7. The van der Waals surface area contributed by atoms with Gasteiger partial charge in [-0.1, -0.05) is 0 Å². The van der Waals surface area contributed by atoms with Crippen molar-refractivity contribution in [3.63, 3.8) is 0 Å². The first-order valence-electron chi connectivity index (χ1n) is 9.87. The molecule has 0 heterocycles. The minimum atomic E-state index is -0.146. The Labute approximate surface area is 167 Å². The highest BCUT2D eigenvalue weighted by atomic mass is 16.5. The molecule has 0 spiro atoms. The Morgan fingerprint density at radius 2 is 1.32 bits per heavy atom. The maximum Gasteiger partial charge on any atom is 0.246 e. The molecule has 0 saturated heterocycles. The summed E-state index contributed by atoms with van der Waals surface area (Å²) in [5, 5.41) is 5.67. The normalized spacial score (nSPS) is 12.0. The lowest BCUT2D eigenvalue weighted by atomic mass is 10.1. The quantitative estimate of drug-likeness (QED) is 0.184. The van der Waals surface area contributed by atoms with E-state index >= 15 is 0 Å². The van der Waals surface area contributed by atoms with E-state index in [0.29, 0.717) is 59.3 Å². The van der Waals surface area contributed by atoms with Gasteiger partial charge in [0.2, 0.25) is 11.8 Å². The van der Waals surface area contributed by atoms with Crippen LogP contribution < -0.4 is 22.1 Å². The van der Waals surface area contributed by atoms with E-state index in [2.05, 4.69) is 10.6 Å². The predicted molar refractivity (Wildman–Crippen MR) is 106 cm³/mol. The van der Waals surface area contributed by atoms with E-state index in [1.54, 1.807) is 0 Å². The van der Waals surface area contributed by atoms with E-state index in [9.17, 15) is 9.59 Å². The van der Waals surface area contributed by atoms with Gasteiger partial charge in [-0.3, -0.25) is 9.59 Å². The third-order valence-electron chi connectivity index (χ3n) is 3.53. The standard InChI is InChI=1S/C18H38N4O6/c1-16(22-18(24)15-28-13-11-26-9-6-20)4-2-3-7-21-17(23)14-27-12-10-25-8-5-19/h16H,2-15,19-20H2,1H3,(H,21,23)(H,22,24). The molecule has 28 heavy (non-hydrogen) atoms. The van der Waals surface area contributed by atoms with Gasteiger partial charge in [0.15, 0.2) is 0 Å². The highest BCUT2D eigenvalue weighted by Gasteiger charge is 2.07. The topological polar surface area (TPSA) is 147 Å². The molecule has 10 heteroatoms. The van der Waals surface area contributed by atoms with Crippen molar-refractivity contribution < 1.29 is 28.5 Å². The SMILES string of the molecule is CC(CCCCNC(=O)COCCOCCN)NC(=O)COCCOCCN. The number of carbonyl (C=O) groups excluding carboxylic acids is 2. The molecule has 166 valence electrons. The second-order valence-electron chi connectivity index (χ2n) is 6.22. The fourth-order valence-corrected chi connectivity index (χ4v) is 2.18. The second-order valence-corrected chi connectivity index (χ2v) is 6.22. The molecule has 0 aliphatic heterocycles. The van der Waals surface area contributed by atoms with Crippen molar-refractivity contribution in [2.75, 3.05) is 72.5 Å². The fourth-order valence-electron chi connectivity index (χ4n) is 2.18. The van der Waals surface area contributed by atoms with Crippen LogP contribution in [-0.2, 0) is 28.5 Å². The summed E-state index contributed by atoms with van der Waals surface area (Å²) in [6.45, 7) is 6.10. The average molecular weight is 407 g/mol. The van der Waals surface area contributed by atoms with Crippen LogP contribution in [0.15, 0.2) is 0 Å². The molecule has 0 saturated carbocycles. The van der Waals surface area contributed by atoms with Crippen LogP contribution in [0, 0.1) is 0 Å². The minimum absolute atomic E-state index is 0.0175. The summed E-state index contributed by atoms with van der Waals surface area (Å²) in [7, 11) is 0. The van der Waals surface area contributed by atoms with Crippen LogP contribution >= 0.6 is 0 Å². The highest BCUT2D eigenvalue weighted by molar-refractivity contribution is 5.77. The Kier molecular flexibility index (Phi) is 19.5. The third-order valence-corrected chi connectivity index (χ3v) is 3.53. The van der Waals surface area contributed by atoms with E-state index in [1.807, 2.05) is 6.92 Å². The number of hydrogen-bond acceptors (Lipinski definition) is 8. The number of hydrogen-bond donors (Lipinski definition) is 4. The van der Waals surface area contributed by atoms with Crippen molar-refractivity contribution >= 4 is 11.8 Å². The summed E-state index contributed by atoms with van der Waals surface area (Å²) >= 11 is 0. The van der Waals surface area contributed by atoms with Gasteiger partial charge in [0.1, 0.15) is 13.2 Å². The van der Waals surface area contributed by atoms with Crippen molar-refractivity contribution in [3.05, 3.63) is 0 Å². The van der Waals surface area contributed by atoms with E-state index in [-0.39, 0.29) is 31.1 Å². The lowest BCUT2D eigenvalue weighted by Gasteiger charge is -2.14. The Hall–Kier alpha value is -1.30. The van der Waals surface area contributed by atoms with E-state index < -0.39 is 0 Å². The van der Waals surface area contributed by atoms with Crippen molar-refractivity contribution in [2.24, 2.45) is 11.5 Å². The third kappa shape index (κ3) is 19.5. The van der Waals surface area contributed by atoms with Gasteiger partial charge in [-0.2, -0.15) is 0 Å². The van der Waals surface area contributed by atoms with Crippen molar-refractivity contribution in [1.29, 1.82) is 0 Å². The Morgan fingerprint density at radius 3 is 1.89 bits per heavy atom. The number of unbranched alkanes of at least 4 members (excludes halogenated alkanes) is 1. The largest absolute Gasteiger partial charge is 0.378 e. The van der Waals surface area contributed by atoms with Gasteiger partial charge in [-0.25, -0.2) is 0 Å². The summed E-state index contributed by atoms with van der Waals surface area (Å²) in [4.78, 5) is 23.3. The zero-order chi connectivity index (χ0) is 20.9. The van der Waals surface area contributed by atoms with Gasteiger partial charge in [-0.15, -0.1) is 0 Å².